The maximum absolute atomic E-state index is 14.3. The molecule has 7 nitrogen and oxygen atoms in total. The number of rotatable bonds is 9. The lowest BCUT2D eigenvalue weighted by Crippen LogP contribution is -2.54. The first kappa shape index (κ1) is 32.6. The second kappa shape index (κ2) is 11.6. The SMILES string of the molecule is CCC(=O)c1c(-c2ccc(F)cc2)oc2cc(N(C(F)F)S(C)(=O)=O)c(-c3cccc(C(=O)NC(C)(C)C(F)(F)F)c3)cc12. The summed E-state index contributed by atoms with van der Waals surface area (Å²) in [6, 6.07) is 12.1. The van der Waals surface area contributed by atoms with Gasteiger partial charge in [-0.2, -0.15) is 22.0 Å². The van der Waals surface area contributed by atoms with E-state index in [1.54, 1.807) is 6.92 Å². The van der Waals surface area contributed by atoms with Crippen molar-refractivity contribution < 1.29 is 48.8 Å². The average Bonchev–Trinajstić information content (AvgIpc) is 3.29. The number of hydrogen-bond acceptors (Lipinski definition) is 5. The Labute approximate surface area is 248 Å². The van der Waals surface area contributed by atoms with Gasteiger partial charge in [-0.3, -0.25) is 9.59 Å². The number of carbonyl (C=O) groups is 2. The number of alkyl halides is 5. The van der Waals surface area contributed by atoms with Crippen LogP contribution in [0.15, 0.2) is 65.1 Å². The maximum atomic E-state index is 14.3. The summed E-state index contributed by atoms with van der Waals surface area (Å²) in [5.74, 6) is -2.14. The maximum Gasteiger partial charge on any atom is 0.410 e. The zero-order chi connectivity index (χ0) is 32.8. The first-order valence-electron chi connectivity index (χ1n) is 13.0. The molecule has 1 amide bonds. The molecule has 44 heavy (non-hydrogen) atoms. The van der Waals surface area contributed by atoms with E-state index >= 15 is 0 Å². The summed E-state index contributed by atoms with van der Waals surface area (Å²) in [7, 11) is -4.64. The fourth-order valence-corrected chi connectivity index (χ4v) is 5.29. The Balaban J connectivity index is 2.02. The predicted molar refractivity (Wildman–Crippen MR) is 153 cm³/mol. The van der Waals surface area contributed by atoms with Crippen LogP contribution in [0.3, 0.4) is 0 Å². The molecule has 4 rings (SSSR count). The average molecular weight is 641 g/mol. The number of benzene rings is 3. The Hall–Kier alpha value is -4.33. The van der Waals surface area contributed by atoms with Crippen molar-refractivity contribution in [2.24, 2.45) is 0 Å². The summed E-state index contributed by atoms with van der Waals surface area (Å²) in [5.41, 5.74) is -3.54. The second-order valence-electron chi connectivity index (χ2n) is 10.4. The normalized spacial score (nSPS) is 12.5. The van der Waals surface area contributed by atoms with Crippen molar-refractivity contribution in [2.75, 3.05) is 10.6 Å². The lowest BCUT2D eigenvalue weighted by Gasteiger charge is -2.29. The standard InChI is InChI=1S/C30H26F6N2O5S/c1-5-23(39)25-21-14-20(17-7-6-8-18(13-17)27(40)37-29(2,3)30(34,35)36)22(38(28(32)33)44(4,41)42)15-24(21)43-26(25)16-9-11-19(31)12-10-16/h6-15,28H,5H2,1-4H3,(H,37,40). The molecule has 1 N–H and O–H groups in total. The molecule has 0 saturated carbocycles. The van der Waals surface area contributed by atoms with Crippen LogP contribution in [0.1, 0.15) is 47.9 Å². The number of amides is 1. The molecule has 234 valence electrons. The highest BCUT2D eigenvalue weighted by molar-refractivity contribution is 7.92. The zero-order valence-electron chi connectivity index (χ0n) is 23.7. The number of ketones is 1. The number of fused-ring (bicyclic) bond motifs is 1. The Morgan fingerprint density at radius 3 is 2.16 bits per heavy atom. The number of sulfonamides is 1. The van der Waals surface area contributed by atoms with Crippen molar-refractivity contribution in [3.05, 3.63) is 77.6 Å². The lowest BCUT2D eigenvalue weighted by molar-refractivity contribution is -0.182. The van der Waals surface area contributed by atoms with Crippen LogP contribution in [-0.2, 0) is 10.0 Å². The van der Waals surface area contributed by atoms with Crippen molar-refractivity contribution >= 4 is 38.4 Å². The van der Waals surface area contributed by atoms with Crippen molar-refractivity contribution in [3.63, 3.8) is 0 Å². The van der Waals surface area contributed by atoms with Crippen LogP contribution >= 0.6 is 0 Å². The van der Waals surface area contributed by atoms with Gasteiger partial charge in [-0.05, 0) is 61.9 Å². The Morgan fingerprint density at radius 2 is 1.61 bits per heavy atom. The van der Waals surface area contributed by atoms with E-state index in [4.69, 9.17) is 4.42 Å². The summed E-state index contributed by atoms with van der Waals surface area (Å²) >= 11 is 0. The minimum atomic E-state index is -4.79. The third-order valence-electron chi connectivity index (χ3n) is 6.86. The van der Waals surface area contributed by atoms with Gasteiger partial charge in [0.25, 0.3) is 5.91 Å². The van der Waals surface area contributed by atoms with Crippen LogP contribution in [0, 0.1) is 5.82 Å². The first-order valence-corrected chi connectivity index (χ1v) is 14.9. The van der Waals surface area contributed by atoms with Crippen LogP contribution in [0.25, 0.3) is 33.4 Å². The van der Waals surface area contributed by atoms with Gasteiger partial charge in [0.15, 0.2) is 5.78 Å². The summed E-state index contributed by atoms with van der Waals surface area (Å²) in [5, 5.41) is 1.98. The summed E-state index contributed by atoms with van der Waals surface area (Å²) in [6.07, 6.45) is -4.26. The molecule has 0 fully saturated rings. The van der Waals surface area contributed by atoms with Gasteiger partial charge in [0.2, 0.25) is 10.0 Å². The Kier molecular flexibility index (Phi) is 8.62. The second-order valence-corrected chi connectivity index (χ2v) is 12.3. The van der Waals surface area contributed by atoms with Crippen LogP contribution in [0.4, 0.5) is 32.0 Å². The number of carbonyl (C=O) groups excluding carboxylic acids is 2. The van der Waals surface area contributed by atoms with Crippen LogP contribution < -0.4 is 9.62 Å². The molecule has 0 aliphatic carbocycles. The molecule has 4 aromatic rings. The highest BCUT2D eigenvalue weighted by atomic mass is 32.2. The molecule has 0 saturated heterocycles. The minimum absolute atomic E-state index is 0.0135. The summed E-state index contributed by atoms with van der Waals surface area (Å²) < 4.78 is 113. The molecule has 0 aliphatic heterocycles. The molecule has 1 heterocycles. The topological polar surface area (TPSA) is 96.7 Å². The van der Waals surface area contributed by atoms with E-state index < -0.39 is 51.5 Å². The fraction of sp³-hybridized carbons (Fsp3) is 0.267. The van der Waals surface area contributed by atoms with Gasteiger partial charge in [-0.1, -0.05) is 19.1 Å². The number of furan rings is 1. The van der Waals surface area contributed by atoms with Gasteiger partial charge in [-0.25, -0.2) is 17.1 Å². The van der Waals surface area contributed by atoms with Gasteiger partial charge in [-0.15, -0.1) is 0 Å². The van der Waals surface area contributed by atoms with E-state index in [0.717, 1.165) is 38.1 Å². The third-order valence-corrected chi connectivity index (χ3v) is 7.93. The molecular formula is C30H26F6N2O5S. The fourth-order valence-electron chi connectivity index (χ4n) is 4.49. The summed E-state index contributed by atoms with van der Waals surface area (Å²) in [4.78, 5) is 26.0. The number of halogens is 6. The molecule has 3 aromatic carbocycles. The van der Waals surface area contributed by atoms with E-state index in [1.165, 1.54) is 36.4 Å². The molecule has 0 radical (unpaired) electrons. The van der Waals surface area contributed by atoms with E-state index in [0.29, 0.717) is 6.26 Å². The zero-order valence-corrected chi connectivity index (χ0v) is 24.5. The van der Waals surface area contributed by atoms with E-state index in [2.05, 4.69) is 0 Å². The molecule has 0 aliphatic rings. The number of anilines is 1. The predicted octanol–water partition coefficient (Wildman–Crippen LogP) is 7.56. The van der Waals surface area contributed by atoms with Crippen molar-refractivity contribution in [1.29, 1.82) is 0 Å². The van der Waals surface area contributed by atoms with E-state index in [9.17, 15) is 44.3 Å². The Bertz CT molecular complexity index is 1850. The minimum Gasteiger partial charge on any atom is -0.455 e. The monoisotopic (exact) mass is 640 g/mol. The molecule has 0 atom stereocenters. The van der Waals surface area contributed by atoms with Gasteiger partial charge in [0.05, 0.1) is 17.5 Å². The van der Waals surface area contributed by atoms with Crippen LogP contribution in [0.2, 0.25) is 0 Å². The number of hydrogen-bond donors (Lipinski definition) is 1. The van der Waals surface area contributed by atoms with E-state index in [1.807, 2.05) is 5.32 Å². The van der Waals surface area contributed by atoms with Crippen molar-refractivity contribution in [2.45, 2.75) is 45.5 Å². The Morgan fingerprint density at radius 1 is 0.977 bits per heavy atom. The van der Waals surface area contributed by atoms with Crippen molar-refractivity contribution in [1.82, 2.24) is 5.32 Å². The molecule has 1 aromatic heterocycles. The first-order chi connectivity index (χ1) is 20.4. The van der Waals surface area contributed by atoms with Gasteiger partial charge < -0.3 is 9.73 Å². The van der Waals surface area contributed by atoms with Crippen LogP contribution in [-0.4, -0.2) is 44.6 Å². The van der Waals surface area contributed by atoms with Crippen LogP contribution in [0.5, 0.6) is 0 Å². The summed E-state index contributed by atoms with van der Waals surface area (Å²) in [6.45, 7) is -0.491. The quantitative estimate of drug-likeness (QED) is 0.116. The largest absolute Gasteiger partial charge is 0.455 e. The number of nitrogens with zero attached hydrogens (tertiary/aromatic N) is 1. The number of Topliss-reactive ketones (excluding diaryl/α,β-unsaturated/α-hetero) is 1. The van der Waals surface area contributed by atoms with Gasteiger partial charge in [0, 0.05) is 34.6 Å². The van der Waals surface area contributed by atoms with Crippen molar-refractivity contribution in [3.8, 4) is 22.5 Å². The van der Waals surface area contributed by atoms with E-state index in [-0.39, 0.29) is 55.3 Å². The molecule has 0 bridgehead atoms. The highest BCUT2D eigenvalue weighted by Crippen LogP contribution is 2.43. The third kappa shape index (κ3) is 6.30. The molecular weight excluding hydrogens is 614 g/mol. The lowest BCUT2D eigenvalue weighted by atomic mass is 9.95. The van der Waals surface area contributed by atoms with Gasteiger partial charge >= 0.3 is 12.7 Å². The molecule has 0 unspecified atom stereocenters. The highest BCUT2D eigenvalue weighted by Gasteiger charge is 2.48. The number of nitrogens with one attached hydrogen (secondary N) is 1. The molecule has 0 spiro atoms. The molecule has 14 heteroatoms. The van der Waals surface area contributed by atoms with Gasteiger partial charge in [0.1, 0.15) is 22.7 Å². The smallest absolute Gasteiger partial charge is 0.410 e.